The fourth-order valence-corrected chi connectivity index (χ4v) is 4.55. The molecule has 2 aromatic rings. The van der Waals surface area contributed by atoms with E-state index in [1.165, 1.54) is 0 Å². The summed E-state index contributed by atoms with van der Waals surface area (Å²) in [7, 11) is -4.08. The van der Waals surface area contributed by atoms with Gasteiger partial charge in [-0.15, -0.1) is 0 Å². The van der Waals surface area contributed by atoms with Crippen LogP contribution in [0.4, 0.5) is 11.4 Å². The minimum absolute atomic E-state index is 0.207. The highest BCUT2D eigenvalue weighted by atomic mass is 32.2. The molecule has 0 saturated heterocycles. The van der Waals surface area contributed by atoms with E-state index >= 15 is 0 Å². The molecule has 0 atom stereocenters. The topological polar surface area (TPSA) is 107 Å². The van der Waals surface area contributed by atoms with Gasteiger partial charge in [0, 0.05) is 31.2 Å². The maximum atomic E-state index is 11.9. The van der Waals surface area contributed by atoms with Crippen LogP contribution in [0, 0.1) is 0 Å². The van der Waals surface area contributed by atoms with Crippen LogP contribution in [0.25, 0.3) is 0 Å². The molecule has 0 bridgehead atoms. The van der Waals surface area contributed by atoms with Crippen molar-refractivity contribution in [1.82, 2.24) is 0 Å². The number of fused-ring (bicyclic) bond motifs is 1. The van der Waals surface area contributed by atoms with Crippen molar-refractivity contribution in [1.29, 1.82) is 0 Å². The first-order chi connectivity index (χ1) is 15.1. The van der Waals surface area contributed by atoms with Gasteiger partial charge in [-0.25, -0.2) is 4.79 Å². The van der Waals surface area contributed by atoms with E-state index in [1.807, 2.05) is 67.0 Å². The summed E-state index contributed by atoms with van der Waals surface area (Å²) in [6.07, 6.45) is 6.47. The number of carboxylic acid groups (broad SMARTS) is 1. The Bertz CT molecular complexity index is 1200. The Kier molecular flexibility index (Phi) is 7.06. The highest BCUT2D eigenvalue weighted by molar-refractivity contribution is 7.85. The van der Waals surface area contributed by atoms with Crippen molar-refractivity contribution in [2.75, 3.05) is 12.3 Å². The molecule has 0 amide bonds. The quantitative estimate of drug-likeness (QED) is 0.331. The number of nitrogens with zero attached hydrogens (tertiary/aromatic N) is 2. The lowest BCUT2D eigenvalue weighted by atomic mass is 9.79. The average molecular weight is 456 g/mol. The number of carbonyl (C=O) groups is 1. The van der Waals surface area contributed by atoms with E-state index in [2.05, 4.69) is 4.99 Å². The zero-order valence-electron chi connectivity index (χ0n) is 18.1. The molecule has 0 unspecified atom stereocenters. The molecule has 0 aliphatic carbocycles. The molecule has 32 heavy (non-hydrogen) atoms. The van der Waals surface area contributed by atoms with Crippen LogP contribution in [0.1, 0.15) is 42.6 Å². The standard InChI is InChI=1S/C24H26N2O5S/c1-24(2)21(14-6-7-15-25-18-10-4-3-5-11-18)26(16-9-17-32(29,30)31)20-13-8-12-19(22(20)24)23(27)28/h3-6,8,10-15H,7,9,16-17H2,1-2H3,(H-,27,28,29,30,31)/p+1/b14-6+,25-15?. The van der Waals surface area contributed by atoms with E-state index < -0.39 is 21.5 Å². The predicted molar refractivity (Wildman–Crippen MR) is 126 cm³/mol. The molecule has 7 nitrogen and oxygen atoms in total. The summed E-state index contributed by atoms with van der Waals surface area (Å²) in [5, 5.41) is 9.72. The molecule has 1 heterocycles. The summed E-state index contributed by atoms with van der Waals surface area (Å²) in [6.45, 7) is 4.24. The fourth-order valence-electron chi connectivity index (χ4n) is 4.05. The minimum atomic E-state index is -4.08. The molecule has 3 rings (SSSR count). The Morgan fingerprint density at radius 1 is 1.12 bits per heavy atom. The van der Waals surface area contributed by atoms with Crippen LogP contribution in [-0.2, 0) is 15.5 Å². The second-order valence-corrected chi connectivity index (χ2v) is 9.66. The number of aliphatic imine (C=N–C) groups is 1. The molecule has 8 heteroatoms. The molecule has 1 aliphatic rings. The van der Waals surface area contributed by atoms with Crippen LogP contribution in [-0.4, -0.2) is 52.8 Å². The molecule has 2 N–H and O–H groups in total. The van der Waals surface area contributed by atoms with Gasteiger partial charge in [-0.2, -0.15) is 13.0 Å². The van der Waals surface area contributed by atoms with Crippen LogP contribution in [0.5, 0.6) is 0 Å². The first-order valence-electron chi connectivity index (χ1n) is 10.3. The van der Waals surface area contributed by atoms with Gasteiger partial charge in [0.05, 0.1) is 28.0 Å². The lowest BCUT2D eigenvalue weighted by Gasteiger charge is -2.17. The van der Waals surface area contributed by atoms with Crippen LogP contribution < -0.4 is 0 Å². The van der Waals surface area contributed by atoms with Gasteiger partial charge in [0.1, 0.15) is 6.54 Å². The second-order valence-electron chi connectivity index (χ2n) is 8.09. The van der Waals surface area contributed by atoms with E-state index in [4.69, 9.17) is 4.55 Å². The lowest BCUT2D eigenvalue weighted by Crippen LogP contribution is -2.29. The Morgan fingerprint density at radius 3 is 2.50 bits per heavy atom. The van der Waals surface area contributed by atoms with Gasteiger partial charge < -0.3 is 5.11 Å². The van der Waals surface area contributed by atoms with Crippen molar-refractivity contribution in [3.63, 3.8) is 0 Å². The van der Waals surface area contributed by atoms with Crippen LogP contribution in [0.15, 0.2) is 65.7 Å². The van der Waals surface area contributed by atoms with Crippen molar-refractivity contribution in [3.8, 4) is 0 Å². The SMILES string of the molecule is CC1(C)C(/C=C/CC=Nc2ccccc2)=[N+](CCCS(=O)(=O)O)c2cccc(C(=O)O)c21. The lowest BCUT2D eigenvalue weighted by molar-refractivity contribution is -0.437. The zero-order valence-corrected chi connectivity index (χ0v) is 18.9. The summed E-state index contributed by atoms with van der Waals surface area (Å²) < 4.78 is 33.4. The van der Waals surface area contributed by atoms with Gasteiger partial charge in [-0.1, -0.05) is 30.3 Å². The van der Waals surface area contributed by atoms with E-state index in [0.717, 1.165) is 17.1 Å². The number of hydrogen-bond acceptors (Lipinski definition) is 4. The summed E-state index contributed by atoms with van der Waals surface area (Å²) in [4.78, 5) is 16.3. The number of carboxylic acids is 1. The molecule has 0 aromatic heterocycles. The van der Waals surface area contributed by atoms with Gasteiger partial charge in [0.2, 0.25) is 5.69 Å². The summed E-state index contributed by atoms with van der Waals surface area (Å²) in [6, 6.07) is 14.7. The second kappa shape index (κ2) is 9.58. The molecule has 1 aliphatic heterocycles. The van der Waals surface area contributed by atoms with Gasteiger partial charge in [0.15, 0.2) is 5.71 Å². The van der Waals surface area contributed by atoms with Crippen LogP contribution >= 0.6 is 0 Å². The van der Waals surface area contributed by atoms with Gasteiger partial charge in [-0.05, 0) is 32.0 Å². The molecule has 0 radical (unpaired) electrons. The third-order valence-electron chi connectivity index (χ3n) is 5.42. The summed E-state index contributed by atoms with van der Waals surface area (Å²) in [5.41, 5.74) is 2.78. The predicted octanol–water partition coefficient (Wildman–Crippen LogP) is 4.39. The van der Waals surface area contributed by atoms with E-state index in [1.54, 1.807) is 18.3 Å². The number of aromatic carboxylic acids is 1. The number of allylic oxidation sites excluding steroid dienone is 2. The Balaban J connectivity index is 1.92. The normalized spacial score (nSPS) is 15.6. The van der Waals surface area contributed by atoms with Gasteiger partial charge in [-0.3, -0.25) is 9.55 Å². The van der Waals surface area contributed by atoms with E-state index in [-0.39, 0.29) is 17.7 Å². The maximum absolute atomic E-state index is 11.9. The average Bonchev–Trinajstić information content (AvgIpc) is 2.94. The molecule has 0 spiro atoms. The van der Waals surface area contributed by atoms with Crippen molar-refractivity contribution in [3.05, 3.63) is 71.8 Å². The van der Waals surface area contributed by atoms with Crippen molar-refractivity contribution < 1.29 is 27.4 Å². The smallest absolute Gasteiger partial charge is 0.336 e. The summed E-state index contributed by atoms with van der Waals surface area (Å²) in [5.74, 6) is -1.37. The van der Waals surface area contributed by atoms with Gasteiger partial charge >= 0.3 is 5.97 Å². The van der Waals surface area contributed by atoms with Crippen LogP contribution in [0.3, 0.4) is 0 Å². The highest BCUT2D eigenvalue weighted by Gasteiger charge is 2.46. The Hall–Kier alpha value is -3.10. The highest BCUT2D eigenvalue weighted by Crippen LogP contribution is 2.42. The largest absolute Gasteiger partial charge is 0.478 e. The maximum Gasteiger partial charge on any atom is 0.336 e. The Morgan fingerprint density at radius 2 is 1.84 bits per heavy atom. The molecule has 2 aromatic carbocycles. The van der Waals surface area contributed by atoms with E-state index in [0.29, 0.717) is 18.5 Å². The van der Waals surface area contributed by atoms with Crippen LogP contribution in [0.2, 0.25) is 0 Å². The zero-order chi connectivity index (χ0) is 23.4. The Labute approximate surface area is 188 Å². The first-order valence-corrected chi connectivity index (χ1v) is 11.9. The molecular weight excluding hydrogens is 428 g/mol. The summed E-state index contributed by atoms with van der Waals surface area (Å²) >= 11 is 0. The number of hydrogen-bond donors (Lipinski definition) is 2. The minimum Gasteiger partial charge on any atom is -0.478 e. The van der Waals surface area contributed by atoms with Gasteiger partial charge in [0.25, 0.3) is 10.1 Å². The number of rotatable bonds is 9. The molecular formula is C24H27N2O5S+. The molecule has 0 saturated carbocycles. The van der Waals surface area contributed by atoms with Crippen molar-refractivity contribution in [2.24, 2.45) is 4.99 Å². The molecule has 168 valence electrons. The number of benzene rings is 2. The molecule has 0 fully saturated rings. The first kappa shape index (κ1) is 23.6. The third-order valence-corrected chi connectivity index (χ3v) is 6.22. The fraction of sp³-hybridized carbons (Fsp3) is 0.292. The number of para-hydroxylation sites is 1. The van der Waals surface area contributed by atoms with Crippen molar-refractivity contribution in [2.45, 2.75) is 32.1 Å². The van der Waals surface area contributed by atoms with Crippen molar-refractivity contribution >= 4 is 39.4 Å². The van der Waals surface area contributed by atoms with E-state index in [9.17, 15) is 18.3 Å². The third kappa shape index (κ3) is 5.38. The monoisotopic (exact) mass is 455 g/mol.